The van der Waals surface area contributed by atoms with Crippen LogP contribution in [-0.2, 0) is 22.4 Å². The molecule has 24 heavy (non-hydrogen) atoms. The molecule has 1 N–H and O–H groups in total. The maximum Gasteiger partial charge on any atom is 0.161 e. The molecule has 1 aliphatic rings. The smallest absolute Gasteiger partial charge is 0.161 e. The van der Waals surface area contributed by atoms with Gasteiger partial charge in [0.05, 0.1) is 39.6 Å². The number of benzene rings is 1. The number of aromatic hydroxyl groups is 1. The molecule has 1 aromatic heterocycles. The number of aromatic nitrogens is 2. The summed E-state index contributed by atoms with van der Waals surface area (Å²) in [6, 6.07) is 3.70. The lowest BCUT2D eigenvalue weighted by molar-refractivity contribution is -0.0934. The molecule has 1 aromatic carbocycles. The number of phenolic OH excluding ortho intramolecular Hbond substituents is 1. The van der Waals surface area contributed by atoms with Gasteiger partial charge >= 0.3 is 0 Å². The minimum absolute atomic E-state index is 0.0124. The Morgan fingerprint density at radius 1 is 1.46 bits per heavy atom. The highest BCUT2D eigenvalue weighted by atomic mass is 16.6. The van der Waals surface area contributed by atoms with Crippen LogP contribution in [0.1, 0.15) is 5.56 Å². The molecule has 0 spiro atoms. The number of rotatable bonds is 6. The van der Waals surface area contributed by atoms with E-state index in [-0.39, 0.29) is 11.9 Å². The van der Waals surface area contributed by atoms with Crippen LogP contribution < -0.4 is 4.74 Å². The van der Waals surface area contributed by atoms with Crippen molar-refractivity contribution >= 4 is 0 Å². The maximum absolute atomic E-state index is 10.2. The topological polar surface area (TPSA) is 65.7 Å². The Labute approximate surface area is 141 Å². The summed E-state index contributed by atoms with van der Waals surface area (Å²) < 4.78 is 18.5. The number of hydrogen-bond donors (Lipinski definition) is 1. The average molecular weight is 330 g/mol. The average Bonchev–Trinajstić information content (AvgIpc) is 3.06. The highest BCUT2D eigenvalue weighted by molar-refractivity contribution is 5.64. The van der Waals surface area contributed by atoms with Crippen LogP contribution in [0.15, 0.2) is 37.2 Å². The normalized spacial score (nSPS) is 17.6. The minimum atomic E-state index is 0.0124. The van der Waals surface area contributed by atoms with Gasteiger partial charge in [-0.3, -0.25) is 0 Å². The third kappa shape index (κ3) is 3.44. The van der Waals surface area contributed by atoms with E-state index in [0.717, 1.165) is 17.0 Å². The Hall–Kier alpha value is -2.31. The van der Waals surface area contributed by atoms with E-state index in [1.54, 1.807) is 18.3 Å². The fourth-order valence-corrected chi connectivity index (χ4v) is 2.84. The van der Waals surface area contributed by atoms with E-state index in [1.807, 2.05) is 16.8 Å². The molecule has 1 fully saturated rings. The molecule has 0 radical (unpaired) electrons. The second kappa shape index (κ2) is 7.51. The van der Waals surface area contributed by atoms with Crippen molar-refractivity contribution in [2.75, 3.05) is 26.9 Å². The van der Waals surface area contributed by atoms with Crippen LogP contribution in [0.3, 0.4) is 0 Å². The Morgan fingerprint density at radius 2 is 2.33 bits per heavy atom. The van der Waals surface area contributed by atoms with Crippen LogP contribution in [0.5, 0.6) is 11.5 Å². The first-order valence-corrected chi connectivity index (χ1v) is 7.94. The monoisotopic (exact) mass is 330 g/mol. The zero-order valence-corrected chi connectivity index (χ0v) is 13.8. The first kappa shape index (κ1) is 16.5. The van der Waals surface area contributed by atoms with Crippen molar-refractivity contribution in [1.82, 2.24) is 9.55 Å². The maximum atomic E-state index is 10.2. The van der Waals surface area contributed by atoms with Crippen LogP contribution in [-0.4, -0.2) is 47.7 Å². The van der Waals surface area contributed by atoms with Crippen molar-refractivity contribution in [3.8, 4) is 22.9 Å². The Morgan fingerprint density at radius 3 is 3.04 bits per heavy atom. The summed E-state index contributed by atoms with van der Waals surface area (Å²) >= 11 is 0. The van der Waals surface area contributed by atoms with E-state index in [2.05, 4.69) is 11.6 Å². The molecule has 1 saturated heterocycles. The number of nitrogens with zero attached hydrogens (tertiary/aromatic N) is 2. The van der Waals surface area contributed by atoms with Crippen LogP contribution in [0.2, 0.25) is 0 Å². The van der Waals surface area contributed by atoms with Gasteiger partial charge in [-0.15, -0.1) is 6.58 Å². The standard InChI is InChI=1S/C18H22N2O4/c1-3-4-13-9-14(10-16(22-2)17(13)21)18-19-5-6-20(18)11-15-12-23-7-8-24-15/h3,5-6,9-10,15,21H,1,4,7-8,11-12H2,2H3/t15-/m1/s1. The van der Waals surface area contributed by atoms with Crippen LogP contribution in [0.4, 0.5) is 0 Å². The number of allylic oxidation sites excluding steroid dienone is 1. The third-order valence-corrected chi connectivity index (χ3v) is 4.00. The van der Waals surface area contributed by atoms with Crippen molar-refractivity contribution < 1.29 is 19.3 Å². The first-order valence-electron chi connectivity index (χ1n) is 7.94. The van der Waals surface area contributed by atoms with Gasteiger partial charge in [0.2, 0.25) is 0 Å². The molecular weight excluding hydrogens is 308 g/mol. The Kier molecular flexibility index (Phi) is 5.17. The molecule has 0 unspecified atom stereocenters. The van der Waals surface area contributed by atoms with Gasteiger partial charge in [0, 0.05) is 23.5 Å². The number of methoxy groups -OCH3 is 1. The van der Waals surface area contributed by atoms with Crippen molar-refractivity contribution in [2.24, 2.45) is 0 Å². The highest BCUT2D eigenvalue weighted by Gasteiger charge is 2.18. The highest BCUT2D eigenvalue weighted by Crippen LogP contribution is 2.35. The molecule has 1 aliphatic heterocycles. The van der Waals surface area contributed by atoms with Gasteiger partial charge in [-0.25, -0.2) is 4.98 Å². The van der Waals surface area contributed by atoms with Crippen LogP contribution in [0.25, 0.3) is 11.4 Å². The van der Waals surface area contributed by atoms with Gasteiger partial charge in [-0.05, 0) is 18.6 Å². The van der Waals surface area contributed by atoms with Gasteiger partial charge in [0.25, 0.3) is 0 Å². The molecule has 6 nitrogen and oxygen atoms in total. The molecule has 0 aliphatic carbocycles. The lowest BCUT2D eigenvalue weighted by Crippen LogP contribution is -2.32. The molecule has 2 heterocycles. The number of ether oxygens (including phenoxy) is 3. The summed E-state index contributed by atoms with van der Waals surface area (Å²) in [6.45, 7) is 6.24. The fraction of sp³-hybridized carbons (Fsp3) is 0.389. The van der Waals surface area contributed by atoms with Gasteiger partial charge in [-0.1, -0.05) is 6.08 Å². The number of hydrogen-bond acceptors (Lipinski definition) is 5. The predicted molar refractivity (Wildman–Crippen MR) is 90.3 cm³/mol. The summed E-state index contributed by atoms with van der Waals surface area (Å²) in [4.78, 5) is 4.46. The minimum Gasteiger partial charge on any atom is -0.504 e. The molecule has 6 heteroatoms. The predicted octanol–water partition coefficient (Wildman–Crippen LogP) is 2.41. The van der Waals surface area contributed by atoms with Gasteiger partial charge < -0.3 is 23.9 Å². The Balaban J connectivity index is 1.92. The molecule has 2 aromatic rings. The van der Waals surface area contributed by atoms with Crippen LogP contribution in [0, 0.1) is 0 Å². The summed E-state index contributed by atoms with van der Waals surface area (Å²) in [5.74, 6) is 1.37. The zero-order valence-electron chi connectivity index (χ0n) is 13.8. The summed E-state index contributed by atoms with van der Waals surface area (Å²) in [6.07, 6.45) is 5.98. The van der Waals surface area contributed by atoms with E-state index in [4.69, 9.17) is 14.2 Å². The van der Waals surface area contributed by atoms with E-state index in [1.165, 1.54) is 7.11 Å². The second-order valence-corrected chi connectivity index (χ2v) is 5.65. The summed E-state index contributed by atoms with van der Waals surface area (Å²) in [5, 5.41) is 10.2. The van der Waals surface area contributed by atoms with Crippen molar-refractivity contribution in [1.29, 1.82) is 0 Å². The van der Waals surface area contributed by atoms with E-state index in [0.29, 0.717) is 38.5 Å². The van der Waals surface area contributed by atoms with Gasteiger partial charge in [-0.2, -0.15) is 0 Å². The fourth-order valence-electron chi connectivity index (χ4n) is 2.84. The first-order chi connectivity index (χ1) is 11.7. The third-order valence-electron chi connectivity index (χ3n) is 4.00. The summed E-state index contributed by atoms with van der Waals surface area (Å²) in [5.41, 5.74) is 1.63. The number of imidazole rings is 1. The Bertz CT molecular complexity index is 705. The molecule has 0 saturated carbocycles. The second-order valence-electron chi connectivity index (χ2n) is 5.65. The molecule has 3 rings (SSSR count). The summed E-state index contributed by atoms with van der Waals surface area (Å²) in [7, 11) is 1.54. The van der Waals surface area contributed by atoms with Gasteiger partial charge in [0.15, 0.2) is 11.5 Å². The van der Waals surface area contributed by atoms with Crippen molar-refractivity contribution in [2.45, 2.75) is 19.1 Å². The quantitative estimate of drug-likeness (QED) is 0.824. The number of phenols is 1. The van der Waals surface area contributed by atoms with Crippen LogP contribution >= 0.6 is 0 Å². The lowest BCUT2D eigenvalue weighted by atomic mass is 10.0. The lowest BCUT2D eigenvalue weighted by Gasteiger charge is -2.24. The van der Waals surface area contributed by atoms with E-state index < -0.39 is 0 Å². The molecule has 0 amide bonds. The van der Waals surface area contributed by atoms with E-state index >= 15 is 0 Å². The molecule has 1 atom stereocenters. The largest absolute Gasteiger partial charge is 0.504 e. The van der Waals surface area contributed by atoms with Crippen molar-refractivity contribution in [3.05, 3.63) is 42.7 Å². The zero-order chi connectivity index (χ0) is 16.9. The molecule has 0 bridgehead atoms. The van der Waals surface area contributed by atoms with Gasteiger partial charge in [0.1, 0.15) is 5.82 Å². The van der Waals surface area contributed by atoms with E-state index in [9.17, 15) is 5.11 Å². The SMILES string of the molecule is C=CCc1cc(-c2nccn2C[C@@H]2COCCO2)cc(OC)c1O. The molecule has 128 valence electrons. The molecular formula is C18H22N2O4. The van der Waals surface area contributed by atoms with Crippen molar-refractivity contribution in [3.63, 3.8) is 0 Å².